The average molecular weight is 236 g/mol. The Balaban J connectivity index is 2.60. The minimum atomic E-state index is -0.640. The van der Waals surface area contributed by atoms with Gasteiger partial charge in [0.2, 0.25) is 0 Å². The van der Waals surface area contributed by atoms with Gasteiger partial charge in [0.15, 0.2) is 0 Å². The highest BCUT2D eigenvalue weighted by atomic mass is 19.1. The number of rotatable bonds is 1. The van der Waals surface area contributed by atoms with Gasteiger partial charge in [-0.05, 0) is 48.7 Å². The summed E-state index contributed by atoms with van der Waals surface area (Å²) in [6.07, 6.45) is 0. The summed E-state index contributed by atoms with van der Waals surface area (Å²) >= 11 is 0. The van der Waals surface area contributed by atoms with E-state index >= 15 is 0 Å². The SMILES string of the molecule is Cc1cc(-c2cc(C)c(F)cc2F)ccc1F. The lowest BCUT2D eigenvalue weighted by atomic mass is 10.0. The van der Waals surface area contributed by atoms with E-state index in [2.05, 4.69) is 0 Å². The molecule has 0 amide bonds. The van der Waals surface area contributed by atoms with Crippen LogP contribution in [-0.2, 0) is 0 Å². The molecule has 0 fully saturated rings. The summed E-state index contributed by atoms with van der Waals surface area (Å²) < 4.78 is 39.8. The first-order valence-corrected chi connectivity index (χ1v) is 5.21. The fourth-order valence-electron chi connectivity index (χ4n) is 1.69. The van der Waals surface area contributed by atoms with Crippen molar-refractivity contribution in [2.75, 3.05) is 0 Å². The van der Waals surface area contributed by atoms with Crippen LogP contribution in [0.15, 0.2) is 30.3 Å². The van der Waals surface area contributed by atoms with Crippen molar-refractivity contribution in [2.45, 2.75) is 13.8 Å². The molecule has 0 aliphatic rings. The molecule has 0 unspecified atom stereocenters. The monoisotopic (exact) mass is 236 g/mol. The van der Waals surface area contributed by atoms with E-state index in [1.165, 1.54) is 18.2 Å². The largest absolute Gasteiger partial charge is 0.207 e. The first-order chi connectivity index (χ1) is 7.99. The number of benzene rings is 2. The molecule has 0 bridgehead atoms. The van der Waals surface area contributed by atoms with Crippen molar-refractivity contribution in [3.63, 3.8) is 0 Å². The summed E-state index contributed by atoms with van der Waals surface area (Å²) in [7, 11) is 0. The Labute approximate surface area is 97.7 Å². The molecule has 0 aliphatic heterocycles. The molecule has 0 nitrogen and oxygen atoms in total. The molecule has 0 spiro atoms. The summed E-state index contributed by atoms with van der Waals surface area (Å²) in [6.45, 7) is 3.17. The van der Waals surface area contributed by atoms with Crippen molar-refractivity contribution < 1.29 is 13.2 Å². The maximum atomic E-state index is 13.6. The Morgan fingerprint density at radius 1 is 0.706 bits per heavy atom. The zero-order chi connectivity index (χ0) is 12.6. The van der Waals surface area contributed by atoms with Crippen LogP contribution in [0.25, 0.3) is 11.1 Å². The quantitative estimate of drug-likeness (QED) is 0.689. The second-order valence-electron chi connectivity index (χ2n) is 4.05. The Morgan fingerprint density at radius 3 is 2.00 bits per heavy atom. The molecule has 0 heterocycles. The second kappa shape index (κ2) is 4.24. The molecule has 2 aromatic rings. The van der Waals surface area contributed by atoms with Crippen LogP contribution in [0.3, 0.4) is 0 Å². The van der Waals surface area contributed by atoms with Gasteiger partial charge in [-0.25, -0.2) is 13.2 Å². The normalized spacial score (nSPS) is 10.6. The van der Waals surface area contributed by atoms with E-state index in [0.29, 0.717) is 16.7 Å². The van der Waals surface area contributed by atoms with Crippen LogP contribution < -0.4 is 0 Å². The highest BCUT2D eigenvalue weighted by Gasteiger charge is 2.10. The van der Waals surface area contributed by atoms with Gasteiger partial charge in [-0.15, -0.1) is 0 Å². The number of hydrogen-bond donors (Lipinski definition) is 0. The maximum absolute atomic E-state index is 13.6. The van der Waals surface area contributed by atoms with E-state index in [4.69, 9.17) is 0 Å². The third kappa shape index (κ3) is 2.18. The predicted octanol–water partition coefficient (Wildman–Crippen LogP) is 4.39. The van der Waals surface area contributed by atoms with Crippen LogP contribution in [0.4, 0.5) is 13.2 Å². The zero-order valence-corrected chi connectivity index (χ0v) is 9.52. The van der Waals surface area contributed by atoms with E-state index in [1.807, 2.05) is 0 Å². The summed E-state index contributed by atoms with van der Waals surface area (Å²) in [4.78, 5) is 0. The molecule has 88 valence electrons. The average Bonchev–Trinajstić information content (AvgIpc) is 2.27. The van der Waals surface area contributed by atoms with Gasteiger partial charge in [-0.3, -0.25) is 0 Å². The number of hydrogen-bond acceptors (Lipinski definition) is 0. The van der Waals surface area contributed by atoms with Crippen LogP contribution in [0.2, 0.25) is 0 Å². The van der Waals surface area contributed by atoms with E-state index in [-0.39, 0.29) is 11.4 Å². The van der Waals surface area contributed by atoms with Crippen LogP contribution in [0.5, 0.6) is 0 Å². The molecular formula is C14H11F3. The van der Waals surface area contributed by atoms with Crippen molar-refractivity contribution in [1.29, 1.82) is 0 Å². The van der Waals surface area contributed by atoms with E-state index in [9.17, 15) is 13.2 Å². The fourth-order valence-corrected chi connectivity index (χ4v) is 1.69. The summed E-state index contributed by atoms with van der Waals surface area (Å²) in [5.74, 6) is -1.56. The van der Waals surface area contributed by atoms with Crippen molar-refractivity contribution in [3.05, 3.63) is 58.9 Å². The molecule has 2 aromatic carbocycles. The van der Waals surface area contributed by atoms with Crippen LogP contribution >= 0.6 is 0 Å². The standard InChI is InChI=1S/C14H11F3/c1-8-5-10(3-4-12(8)15)11-6-9(2)13(16)7-14(11)17/h3-7H,1-2H3. The van der Waals surface area contributed by atoms with Gasteiger partial charge < -0.3 is 0 Å². The predicted molar refractivity (Wildman–Crippen MR) is 61.2 cm³/mol. The Bertz CT molecular complexity index is 574. The van der Waals surface area contributed by atoms with Gasteiger partial charge in [0, 0.05) is 11.6 Å². The Kier molecular flexibility index (Phi) is 2.92. The molecular weight excluding hydrogens is 225 g/mol. The molecule has 3 heteroatoms. The van der Waals surface area contributed by atoms with E-state index < -0.39 is 11.6 Å². The number of halogens is 3. The number of aryl methyl sites for hydroxylation is 2. The first-order valence-electron chi connectivity index (χ1n) is 5.21. The van der Waals surface area contributed by atoms with Crippen molar-refractivity contribution in [3.8, 4) is 11.1 Å². The molecule has 0 N–H and O–H groups in total. The van der Waals surface area contributed by atoms with E-state index in [0.717, 1.165) is 6.07 Å². The highest BCUT2D eigenvalue weighted by Crippen LogP contribution is 2.26. The van der Waals surface area contributed by atoms with Crippen LogP contribution in [-0.4, -0.2) is 0 Å². The van der Waals surface area contributed by atoms with E-state index in [1.54, 1.807) is 19.9 Å². The molecule has 0 aromatic heterocycles. The molecule has 0 atom stereocenters. The van der Waals surface area contributed by atoms with Crippen LogP contribution in [0.1, 0.15) is 11.1 Å². The maximum Gasteiger partial charge on any atom is 0.133 e. The van der Waals surface area contributed by atoms with Gasteiger partial charge in [0.1, 0.15) is 17.5 Å². The molecule has 0 saturated heterocycles. The zero-order valence-electron chi connectivity index (χ0n) is 9.52. The van der Waals surface area contributed by atoms with Gasteiger partial charge in [-0.1, -0.05) is 6.07 Å². The molecule has 17 heavy (non-hydrogen) atoms. The molecule has 2 rings (SSSR count). The summed E-state index contributed by atoms with van der Waals surface area (Å²) in [5.41, 5.74) is 1.63. The Hall–Kier alpha value is -1.77. The van der Waals surface area contributed by atoms with Crippen molar-refractivity contribution >= 4 is 0 Å². The van der Waals surface area contributed by atoms with Crippen molar-refractivity contribution in [1.82, 2.24) is 0 Å². The third-order valence-corrected chi connectivity index (χ3v) is 2.72. The van der Waals surface area contributed by atoms with Gasteiger partial charge >= 0.3 is 0 Å². The smallest absolute Gasteiger partial charge is 0.133 e. The Morgan fingerprint density at radius 2 is 1.35 bits per heavy atom. The topological polar surface area (TPSA) is 0 Å². The van der Waals surface area contributed by atoms with Gasteiger partial charge in [0.05, 0.1) is 0 Å². The third-order valence-electron chi connectivity index (χ3n) is 2.72. The highest BCUT2D eigenvalue weighted by molar-refractivity contribution is 5.65. The van der Waals surface area contributed by atoms with Gasteiger partial charge in [-0.2, -0.15) is 0 Å². The first kappa shape index (κ1) is 11.7. The summed E-state index contributed by atoms with van der Waals surface area (Å²) in [5, 5.41) is 0. The molecule has 0 saturated carbocycles. The second-order valence-corrected chi connectivity index (χ2v) is 4.05. The summed E-state index contributed by atoms with van der Waals surface area (Å²) in [6, 6.07) is 6.59. The minimum Gasteiger partial charge on any atom is -0.207 e. The lowest BCUT2D eigenvalue weighted by molar-refractivity contribution is 0.579. The molecule has 0 aliphatic carbocycles. The fraction of sp³-hybridized carbons (Fsp3) is 0.143. The lowest BCUT2D eigenvalue weighted by Crippen LogP contribution is -1.92. The van der Waals surface area contributed by atoms with Crippen LogP contribution in [0, 0.1) is 31.3 Å². The lowest BCUT2D eigenvalue weighted by Gasteiger charge is -2.07. The van der Waals surface area contributed by atoms with Gasteiger partial charge in [0.25, 0.3) is 0 Å². The van der Waals surface area contributed by atoms with Crippen molar-refractivity contribution in [2.24, 2.45) is 0 Å². The minimum absolute atomic E-state index is 0.284. The molecule has 0 radical (unpaired) electrons.